The van der Waals surface area contributed by atoms with Crippen LogP contribution in [-0.2, 0) is 11.3 Å². The third-order valence-corrected chi connectivity index (χ3v) is 3.97. The van der Waals surface area contributed by atoms with Gasteiger partial charge in [0.25, 0.3) is 0 Å². The van der Waals surface area contributed by atoms with E-state index in [0.29, 0.717) is 13.1 Å². The molecular weight excluding hydrogens is 281 g/mol. The number of nitrogens with zero attached hydrogens (tertiary/aromatic N) is 1. The SMILES string of the molecule is O=C(OCc1ccccc1)N1CCC(c2cccc(F)c2)C1. The largest absolute Gasteiger partial charge is 0.445 e. The van der Waals surface area contributed by atoms with Gasteiger partial charge in [-0.3, -0.25) is 0 Å². The number of rotatable bonds is 3. The minimum absolute atomic E-state index is 0.181. The molecule has 1 heterocycles. The first-order chi connectivity index (χ1) is 10.7. The van der Waals surface area contributed by atoms with Crippen LogP contribution in [0.2, 0.25) is 0 Å². The summed E-state index contributed by atoms with van der Waals surface area (Å²) in [6, 6.07) is 16.2. The summed E-state index contributed by atoms with van der Waals surface area (Å²) >= 11 is 0. The predicted octanol–water partition coefficient (Wildman–Crippen LogP) is 3.95. The molecule has 1 unspecified atom stereocenters. The van der Waals surface area contributed by atoms with E-state index in [-0.39, 0.29) is 24.4 Å². The van der Waals surface area contributed by atoms with Crippen molar-refractivity contribution in [2.24, 2.45) is 0 Å². The molecule has 22 heavy (non-hydrogen) atoms. The van der Waals surface area contributed by atoms with Crippen LogP contribution >= 0.6 is 0 Å². The first kappa shape index (κ1) is 14.6. The van der Waals surface area contributed by atoms with Crippen molar-refractivity contribution in [3.05, 3.63) is 71.5 Å². The maximum atomic E-state index is 13.3. The molecule has 0 bridgehead atoms. The van der Waals surface area contributed by atoms with Gasteiger partial charge in [0.15, 0.2) is 0 Å². The van der Waals surface area contributed by atoms with Gasteiger partial charge in [-0.05, 0) is 29.7 Å². The first-order valence-corrected chi connectivity index (χ1v) is 7.43. The highest BCUT2D eigenvalue weighted by molar-refractivity contribution is 5.68. The van der Waals surface area contributed by atoms with Gasteiger partial charge in [-0.1, -0.05) is 42.5 Å². The minimum Gasteiger partial charge on any atom is -0.445 e. The summed E-state index contributed by atoms with van der Waals surface area (Å²) < 4.78 is 18.6. The van der Waals surface area contributed by atoms with E-state index in [1.54, 1.807) is 17.0 Å². The summed E-state index contributed by atoms with van der Waals surface area (Å²) in [6.07, 6.45) is 0.534. The summed E-state index contributed by atoms with van der Waals surface area (Å²) in [6.45, 7) is 1.51. The molecule has 3 nitrogen and oxygen atoms in total. The van der Waals surface area contributed by atoms with Crippen LogP contribution in [0, 0.1) is 5.82 Å². The normalized spacial score (nSPS) is 17.5. The van der Waals surface area contributed by atoms with E-state index < -0.39 is 0 Å². The van der Waals surface area contributed by atoms with Crippen molar-refractivity contribution in [3.63, 3.8) is 0 Å². The van der Waals surface area contributed by atoms with Crippen LogP contribution in [0.15, 0.2) is 54.6 Å². The summed E-state index contributed by atoms with van der Waals surface area (Å²) in [4.78, 5) is 13.8. The van der Waals surface area contributed by atoms with Gasteiger partial charge in [-0.25, -0.2) is 9.18 Å². The smallest absolute Gasteiger partial charge is 0.410 e. The lowest BCUT2D eigenvalue weighted by Crippen LogP contribution is -2.29. The van der Waals surface area contributed by atoms with Crippen molar-refractivity contribution in [1.82, 2.24) is 4.90 Å². The van der Waals surface area contributed by atoms with Gasteiger partial charge in [0.2, 0.25) is 0 Å². The average Bonchev–Trinajstić information content (AvgIpc) is 3.04. The Balaban J connectivity index is 1.55. The zero-order chi connectivity index (χ0) is 15.4. The molecule has 3 rings (SSSR count). The molecule has 0 aromatic heterocycles. The minimum atomic E-state index is -0.303. The van der Waals surface area contributed by atoms with E-state index in [1.165, 1.54) is 6.07 Å². The monoisotopic (exact) mass is 299 g/mol. The number of ether oxygens (including phenoxy) is 1. The van der Waals surface area contributed by atoms with E-state index in [1.807, 2.05) is 36.4 Å². The van der Waals surface area contributed by atoms with E-state index in [2.05, 4.69) is 0 Å². The molecule has 0 spiro atoms. The second-order valence-corrected chi connectivity index (χ2v) is 5.53. The van der Waals surface area contributed by atoms with Crippen LogP contribution in [-0.4, -0.2) is 24.1 Å². The number of hydrogen-bond acceptors (Lipinski definition) is 2. The molecule has 1 amide bonds. The zero-order valence-corrected chi connectivity index (χ0v) is 12.2. The molecule has 1 aliphatic heterocycles. The standard InChI is InChI=1S/C18H18FNO2/c19-17-8-4-7-15(11-17)16-9-10-20(12-16)18(21)22-13-14-5-2-1-3-6-14/h1-8,11,16H,9-10,12-13H2. The molecule has 1 atom stereocenters. The van der Waals surface area contributed by atoms with Crippen molar-refractivity contribution in [2.45, 2.75) is 18.9 Å². The first-order valence-electron chi connectivity index (χ1n) is 7.43. The number of halogens is 1. The maximum Gasteiger partial charge on any atom is 0.410 e. The van der Waals surface area contributed by atoms with Crippen molar-refractivity contribution in [1.29, 1.82) is 0 Å². The zero-order valence-electron chi connectivity index (χ0n) is 12.2. The average molecular weight is 299 g/mol. The molecule has 2 aromatic carbocycles. The van der Waals surface area contributed by atoms with Gasteiger partial charge in [0.1, 0.15) is 12.4 Å². The molecule has 114 valence electrons. The lowest BCUT2D eigenvalue weighted by molar-refractivity contribution is 0.104. The second-order valence-electron chi connectivity index (χ2n) is 5.53. The Kier molecular flexibility index (Phi) is 4.37. The number of carbonyl (C=O) groups is 1. The topological polar surface area (TPSA) is 29.5 Å². The molecule has 1 fully saturated rings. The van der Waals surface area contributed by atoms with Gasteiger partial charge in [-0.15, -0.1) is 0 Å². The number of hydrogen-bond donors (Lipinski definition) is 0. The summed E-state index contributed by atoms with van der Waals surface area (Å²) in [5.74, 6) is -0.0532. The van der Waals surface area contributed by atoms with E-state index >= 15 is 0 Å². The molecule has 0 saturated carbocycles. The van der Waals surface area contributed by atoms with Crippen molar-refractivity contribution < 1.29 is 13.9 Å². The molecule has 0 radical (unpaired) electrons. The summed E-state index contributed by atoms with van der Waals surface area (Å²) in [7, 11) is 0. The fraction of sp³-hybridized carbons (Fsp3) is 0.278. The van der Waals surface area contributed by atoms with Crippen LogP contribution in [0.5, 0.6) is 0 Å². The van der Waals surface area contributed by atoms with E-state index in [0.717, 1.165) is 17.5 Å². The Morgan fingerprint density at radius 1 is 1.18 bits per heavy atom. The van der Waals surface area contributed by atoms with E-state index in [9.17, 15) is 9.18 Å². The van der Waals surface area contributed by atoms with Crippen LogP contribution < -0.4 is 0 Å². The molecule has 0 aliphatic carbocycles. The van der Waals surface area contributed by atoms with Gasteiger partial charge in [-0.2, -0.15) is 0 Å². The van der Waals surface area contributed by atoms with Crippen LogP contribution in [0.1, 0.15) is 23.5 Å². The number of benzene rings is 2. The van der Waals surface area contributed by atoms with Gasteiger partial charge >= 0.3 is 6.09 Å². The van der Waals surface area contributed by atoms with Crippen LogP contribution in [0.3, 0.4) is 0 Å². The predicted molar refractivity (Wildman–Crippen MR) is 82.0 cm³/mol. The quantitative estimate of drug-likeness (QED) is 0.859. The van der Waals surface area contributed by atoms with Gasteiger partial charge in [0, 0.05) is 19.0 Å². The highest BCUT2D eigenvalue weighted by Crippen LogP contribution is 2.28. The highest BCUT2D eigenvalue weighted by Gasteiger charge is 2.28. The lowest BCUT2D eigenvalue weighted by Gasteiger charge is -2.16. The van der Waals surface area contributed by atoms with Gasteiger partial charge in [0.05, 0.1) is 0 Å². The summed E-state index contributed by atoms with van der Waals surface area (Å²) in [5.41, 5.74) is 1.91. The molecular formula is C18H18FNO2. The van der Waals surface area contributed by atoms with Crippen molar-refractivity contribution >= 4 is 6.09 Å². The third kappa shape index (κ3) is 3.45. The summed E-state index contributed by atoms with van der Waals surface area (Å²) in [5, 5.41) is 0. The Morgan fingerprint density at radius 3 is 2.77 bits per heavy atom. The molecule has 1 saturated heterocycles. The fourth-order valence-corrected chi connectivity index (χ4v) is 2.77. The maximum absolute atomic E-state index is 13.3. The van der Waals surface area contributed by atoms with E-state index in [4.69, 9.17) is 4.74 Å². The van der Waals surface area contributed by atoms with Crippen LogP contribution in [0.25, 0.3) is 0 Å². The molecule has 2 aromatic rings. The Hall–Kier alpha value is -2.36. The molecule has 4 heteroatoms. The Morgan fingerprint density at radius 2 is 2.00 bits per heavy atom. The second kappa shape index (κ2) is 6.60. The fourth-order valence-electron chi connectivity index (χ4n) is 2.77. The van der Waals surface area contributed by atoms with Crippen molar-refractivity contribution in [3.8, 4) is 0 Å². The lowest BCUT2D eigenvalue weighted by atomic mass is 9.98. The van der Waals surface area contributed by atoms with Gasteiger partial charge < -0.3 is 9.64 Å². The third-order valence-electron chi connectivity index (χ3n) is 3.97. The van der Waals surface area contributed by atoms with Crippen LogP contribution in [0.4, 0.5) is 9.18 Å². The number of amides is 1. The molecule has 1 aliphatic rings. The van der Waals surface area contributed by atoms with Crippen molar-refractivity contribution in [2.75, 3.05) is 13.1 Å². The highest BCUT2D eigenvalue weighted by atomic mass is 19.1. The molecule has 0 N–H and O–H groups in total. The Bertz CT molecular complexity index is 645. The number of carbonyl (C=O) groups excluding carboxylic acids is 1. The number of likely N-dealkylation sites (tertiary alicyclic amines) is 1. The Labute approximate surface area is 129 Å².